The summed E-state index contributed by atoms with van der Waals surface area (Å²) in [6.45, 7) is 5.60. The number of hydrogen-bond donors (Lipinski definition) is 1. The number of rotatable bonds is 3. The molecule has 1 fully saturated rings. The van der Waals surface area contributed by atoms with Crippen LogP contribution in [0.15, 0.2) is 18.2 Å². The van der Waals surface area contributed by atoms with Gasteiger partial charge in [-0.3, -0.25) is 4.79 Å². The maximum atomic E-state index is 11.0. The molecule has 4 nitrogen and oxygen atoms in total. The second-order valence-electron chi connectivity index (χ2n) is 5.06. The lowest BCUT2D eigenvalue weighted by Gasteiger charge is -2.34. The van der Waals surface area contributed by atoms with Crippen molar-refractivity contribution in [3.05, 3.63) is 28.8 Å². The van der Waals surface area contributed by atoms with E-state index in [1.165, 1.54) is 0 Å². The Kier molecular flexibility index (Phi) is 4.32. The average molecular weight is 283 g/mol. The normalized spacial score (nSPS) is 18.4. The molecule has 1 N–H and O–H groups in total. The predicted octanol–water partition coefficient (Wildman–Crippen LogP) is 2.28. The number of carbonyl (C=O) groups is 1. The number of aliphatic carboxylic acids is 1. The minimum absolute atomic E-state index is 0.529. The first-order valence-corrected chi connectivity index (χ1v) is 6.82. The van der Waals surface area contributed by atoms with E-state index in [1.807, 2.05) is 12.1 Å². The van der Waals surface area contributed by atoms with Crippen molar-refractivity contribution in [3.63, 3.8) is 0 Å². The van der Waals surface area contributed by atoms with Crippen molar-refractivity contribution < 1.29 is 9.90 Å². The molecule has 0 spiro atoms. The summed E-state index contributed by atoms with van der Waals surface area (Å²) in [5, 5.41) is 9.65. The van der Waals surface area contributed by atoms with Crippen LogP contribution < -0.4 is 4.90 Å². The van der Waals surface area contributed by atoms with Gasteiger partial charge in [0.05, 0.1) is 16.6 Å². The van der Waals surface area contributed by atoms with Crippen LogP contribution in [0.5, 0.6) is 0 Å². The monoisotopic (exact) mass is 282 g/mol. The highest BCUT2D eigenvalue weighted by molar-refractivity contribution is 6.33. The smallest absolute Gasteiger partial charge is 0.310 e. The van der Waals surface area contributed by atoms with Crippen LogP contribution in [0, 0.1) is 0 Å². The number of hydrogen-bond acceptors (Lipinski definition) is 3. The molecule has 1 unspecified atom stereocenters. The number of carboxylic acids is 1. The lowest BCUT2D eigenvalue weighted by atomic mass is 10.0. The van der Waals surface area contributed by atoms with Gasteiger partial charge in [0.1, 0.15) is 0 Å². The van der Waals surface area contributed by atoms with Crippen molar-refractivity contribution in [3.8, 4) is 0 Å². The van der Waals surface area contributed by atoms with Gasteiger partial charge in [0.15, 0.2) is 0 Å². The Morgan fingerprint density at radius 1 is 1.32 bits per heavy atom. The van der Waals surface area contributed by atoms with Gasteiger partial charge in [0.2, 0.25) is 0 Å². The maximum Gasteiger partial charge on any atom is 0.310 e. The van der Waals surface area contributed by atoms with Crippen LogP contribution in [0.4, 0.5) is 5.69 Å². The fraction of sp³-hybridized carbons (Fsp3) is 0.500. The molecule has 0 aliphatic carbocycles. The summed E-state index contributed by atoms with van der Waals surface area (Å²) in [6.07, 6.45) is 0. The molecule has 0 bridgehead atoms. The summed E-state index contributed by atoms with van der Waals surface area (Å²) in [4.78, 5) is 15.5. The Bertz CT molecular complexity index is 471. The van der Waals surface area contributed by atoms with Gasteiger partial charge in [-0.2, -0.15) is 0 Å². The number of halogens is 1. The summed E-state index contributed by atoms with van der Waals surface area (Å²) >= 11 is 6.30. The van der Waals surface area contributed by atoms with E-state index in [9.17, 15) is 4.79 Å². The molecule has 104 valence electrons. The summed E-state index contributed by atoms with van der Waals surface area (Å²) in [5.74, 6) is -1.36. The van der Waals surface area contributed by atoms with Gasteiger partial charge in [-0.25, -0.2) is 0 Å². The Balaban J connectivity index is 2.17. The molecule has 1 heterocycles. The van der Waals surface area contributed by atoms with Crippen molar-refractivity contribution in [2.45, 2.75) is 12.8 Å². The summed E-state index contributed by atoms with van der Waals surface area (Å²) in [7, 11) is 2.11. The minimum Gasteiger partial charge on any atom is -0.481 e. The van der Waals surface area contributed by atoms with E-state index in [1.54, 1.807) is 13.0 Å². The van der Waals surface area contributed by atoms with E-state index in [0.717, 1.165) is 37.4 Å². The van der Waals surface area contributed by atoms with Crippen LogP contribution in [-0.4, -0.2) is 49.2 Å². The topological polar surface area (TPSA) is 43.8 Å². The highest BCUT2D eigenvalue weighted by Gasteiger charge is 2.19. The van der Waals surface area contributed by atoms with Gasteiger partial charge in [0.25, 0.3) is 0 Å². The standard InChI is InChI=1S/C14H19ClN2O2/c1-10(14(18)19)11-3-4-13(12(15)9-11)17-7-5-16(2)6-8-17/h3-4,9-10H,5-8H2,1-2H3,(H,18,19). The zero-order chi connectivity index (χ0) is 14.0. The van der Waals surface area contributed by atoms with Crippen molar-refractivity contribution in [1.29, 1.82) is 0 Å². The first-order valence-electron chi connectivity index (χ1n) is 6.45. The molecule has 5 heteroatoms. The van der Waals surface area contributed by atoms with Gasteiger partial charge in [-0.1, -0.05) is 17.7 Å². The summed E-state index contributed by atoms with van der Waals surface area (Å²) in [6, 6.07) is 5.56. The number of likely N-dealkylation sites (N-methyl/N-ethyl adjacent to an activating group) is 1. The molecular formula is C14H19ClN2O2. The van der Waals surface area contributed by atoms with Crippen LogP contribution in [0.25, 0.3) is 0 Å². The Morgan fingerprint density at radius 2 is 1.95 bits per heavy atom. The average Bonchev–Trinajstić information content (AvgIpc) is 2.39. The zero-order valence-corrected chi connectivity index (χ0v) is 12.0. The third-order valence-corrected chi connectivity index (χ3v) is 3.99. The summed E-state index contributed by atoms with van der Waals surface area (Å²) in [5.41, 5.74) is 1.74. The molecule has 0 saturated carbocycles. The molecule has 1 aliphatic heterocycles. The summed E-state index contributed by atoms with van der Waals surface area (Å²) < 4.78 is 0. The van der Waals surface area contributed by atoms with Gasteiger partial charge >= 0.3 is 5.97 Å². The number of anilines is 1. The van der Waals surface area contributed by atoms with Crippen LogP contribution in [-0.2, 0) is 4.79 Å². The lowest BCUT2D eigenvalue weighted by Crippen LogP contribution is -2.44. The fourth-order valence-electron chi connectivity index (χ4n) is 2.24. The predicted molar refractivity (Wildman–Crippen MR) is 77.2 cm³/mol. The van der Waals surface area contributed by atoms with E-state index in [-0.39, 0.29) is 0 Å². The lowest BCUT2D eigenvalue weighted by molar-refractivity contribution is -0.138. The third-order valence-electron chi connectivity index (χ3n) is 3.69. The van der Waals surface area contributed by atoms with Gasteiger partial charge in [0, 0.05) is 26.2 Å². The Hall–Kier alpha value is -1.26. The molecular weight excluding hydrogens is 264 g/mol. The number of carboxylic acid groups (broad SMARTS) is 1. The first-order chi connectivity index (χ1) is 8.99. The van der Waals surface area contributed by atoms with E-state index < -0.39 is 11.9 Å². The van der Waals surface area contributed by atoms with E-state index in [0.29, 0.717) is 5.02 Å². The van der Waals surface area contributed by atoms with Gasteiger partial charge in [-0.15, -0.1) is 0 Å². The second kappa shape index (κ2) is 5.80. The number of nitrogens with zero attached hydrogens (tertiary/aromatic N) is 2. The molecule has 1 atom stereocenters. The highest BCUT2D eigenvalue weighted by atomic mass is 35.5. The van der Waals surface area contributed by atoms with Gasteiger partial charge in [-0.05, 0) is 31.7 Å². The number of piperazine rings is 1. The molecule has 2 rings (SSSR count). The molecule has 0 radical (unpaired) electrons. The quantitative estimate of drug-likeness (QED) is 0.924. The molecule has 0 amide bonds. The van der Waals surface area contributed by atoms with Crippen LogP contribution in [0.1, 0.15) is 18.4 Å². The zero-order valence-electron chi connectivity index (χ0n) is 11.3. The van der Waals surface area contributed by atoms with E-state index in [4.69, 9.17) is 16.7 Å². The molecule has 19 heavy (non-hydrogen) atoms. The maximum absolute atomic E-state index is 11.0. The van der Waals surface area contributed by atoms with Crippen molar-refractivity contribution in [1.82, 2.24) is 4.90 Å². The molecule has 1 aromatic rings. The third kappa shape index (κ3) is 3.19. The largest absolute Gasteiger partial charge is 0.481 e. The SMILES string of the molecule is CC(C(=O)O)c1ccc(N2CCN(C)CC2)c(Cl)c1. The Labute approximate surface area is 118 Å². The van der Waals surface area contributed by atoms with E-state index >= 15 is 0 Å². The minimum atomic E-state index is -0.830. The van der Waals surface area contributed by atoms with Crippen LogP contribution in [0.3, 0.4) is 0 Å². The van der Waals surface area contributed by atoms with Crippen molar-refractivity contribution >= 4 is 23.3 Å². The Morgan fingerprint density at radius 3 is 2.47 bits per heavy atom. The second-order valence-corrected chi connectivity index (χ2v) is 5.47. The molecule has 0 aromatic heterocycles. The molecule has 1 saturated heterocycles. The first kappa shape index (κ1) is 14.2. The molecule has 1 aliphatic rings. The highest BCUT2D eigenvalue weighted by Crippen LogP contribution is 2.30. The molecule has 1 aromatic carbocycles. The van der Waals surface area contributed by atoms with Crippen molar-refractivity contribution in [2.75, 3.05) is 38.1 Å². The van der Waals surface area contributed by atoms with Gasteiger partial charge < -0.3 is 14.9 Å². The van der Waals surface area contributed by atoms with E-state index in [2.05, 4.69) is 16.8 Å². The fourth-order valence-corrected chi connectivity index (χ4v) is 2.55. The van der Waals surface area contributed by atoms with Crippen molar-refractivity contribution in [2.24, 2.45) is 0 Å². The number of benzene rings is 1. The van der Waals surface area contributed by atoms with Crippen LogP contribution >= 0.6 is 11.6 Å². The van der Waals surface area contributed by atoms with Crippen LogP contribution in [0.2, 0.25) is 5.02 Å².